The first-order valence-corrected chi connectivity index (χ1v) is 16.2. The Morgan fingerprint density at radius 3 is 2.79 bits per heavy atom. The summed E-state index contributed by atoms with van der Waals surface area (Å²) < 4.78 is 0. The Kier molecular flexibility index (Phi) is 15.6. The van der Waals surface area contributed by atoms with Crippen LogP contribution in [0.15, 0.2) is 12.7 Å². The predicted octanol–water partition coefficient (Wildman–Crippen LogP) is 7.12. The summed E-state index contributed by atoms with van der Waals surface area (Å²) in [7, 11) is 12.1. The molecule has 0 saturated carbocycles. The molecule has 2 N–H and O–H groups in total. The molecule has 3 atom stereocenters. The van der Waals surface area contributed by atoms with E-state index in [1.807, 2.05) is 6.08 Å². The minimum atomic E-state index is -0.765. The van der Waals surface area contributed by atoms with Crippen molar-refractivity contribution in [2.24, 2.45) is 0 Å². The minimum absolute atomic E-state index is 0.458. The second-order valence-electron chi connectivity index (χ2n) is 3.62. The SMILES string of the molecule is C=CCCCCC[C@H](NP(#P)P=PP=PP)C(=O)O. The summed E-state index contributed by atoms with van der Waals surface area (Å²) in [6, 6.07) is -0.458. The molecule has 3 nitrogen and oxygen atoms in total. The van der Waals surface area contributed by atoms with Crippen molar-refractivity contribution in [3.8, 4) is 0 Å². The molecule has 0 aromatic carbocycles. The molecule has 0 heterocycles. The van der Waals surface area contributed by atoms with Gasteiger partial charge in [0.15, 0.2) is 0 Å². The molecule has 0 aliphatic heterocycles. The van der Waals surface area contributed by atoms with Gasteiger partial charge in [0.05, 0.1) is 0 Å². The Hall–Kier alpha value is 1.53. The summed E-state index contributed by atoms with van der Waals surface area (Å²) in [5.41, 5.74) is 0. The van der Waals surface area contributed by atoms with Gasteiger partial charge in [-0.1, -0.05) is 0 Å². The molecule has 0 rings (SSSR count). The van der Waals surface area contributed by atoms with Gasteiger partial charge in [0.2, 0.25) is 0 Å². The van der Waals surface area contributed by atoms with Crippen LogP contribution in [-0.2, 0) is 4.79 Å². The van der Waals surface area contributed by atoms with Crippen LogP contribution >= 0.6 is 54.4 Å². The first-order valence-electron chi connectivity index (χ1n) is 5.71. The standard InChI is InChI=1S/C9H18NO2P7/c1-2-3-4-5-6-7-8(9(11)12)10-19(14)18-17-16-15-13/h2,8,10H,1,3-7,13H2,(H,11,12)/t8-/m0/s1. The van der Waals surface area contributed by atoms with Crippen molar-refractivity contribution < 1.29 is 9.90 Å². The van der Waals surface area contributed by atoms with Crippen LogP contribution in [0.4, 0.5) is 0 Å². The van der Waals surface area contributed by atoms with Crippen molar-refractivity contribution in [2.75, 3.05) is 0 Å². The fourth-order valence-corrected chi connectivity index (χ4v) is 19.2. The zero-order chi connectivity index (χ0) is 14.5. The molecule has 0 saturated heterocycles. The van der Waals surface area contributed by atoms with Crippen LogP contribution < -0.4 is 5.09 Å². The van der Waals surface area contributed by atoms with Crippen molar-refractivity contribution in [3.05, 3.63) is 12.7 Å². The summed E-state index contributed by atoms with van der Waals surface area (Å²) in [6.07, 6.45) is 6.68. The molecular weight excluding hydrogens is 371 g/mol. The second kappa shape index (κ2) is 14.5. The van der Waals surface area contributed by atoms with Crippen LogP contribution in [0.25, 0.3) is 0 Å². The van der Waals surface area contributed by atoms with Crippen molar-refractivity contribution in [2.45, 2.75) is 38.1 Å². The third-order valence-electron chi connectivity index (χ3n) is 2.19. The van der Waals surface area contributed by atoms with E-state index in [2.05, 4.69) is 28.9 Å². The fraction of sp³-hybridized carbons (Fsp3) is 0.667. The van der Waals surface area contributed by atoms with E-state index in [4.69, 9.17) is 0 Å². The van der Waals surface area contributed by atoms with Gasteiger partial charge in [-0.2, -0.15) is 0 Å². The number of carboxylic acids is 1. The number of hydrogen-bond donors (Lipinski definition) is 2. The van der Waals surface area contributed by atoms with Gasteiger partial charge >= 0.3 is 126 Å². The topological polar surface area (TPSA) is 49.3 Å². The Morgan fingerprint density at radius 2 is 2.21 bits per heavy atom. The normalized spacial score (nSPS) is 13.8. The summed E-state index contributed by atoms with van der Waals surface area (Å²) in [5, 5.41) is 12.3. The van der Waals surface area contributed by atoms with Crippen molar-refractivity contribution in [1.82, 2.24) is 5.09 Å². The number of carboxylic acid groups (broad SMARTS) is 1. The molecule has 0 aliphatic rings. The number of aliphatic carboxylic acids is 1. The van der Waals surface area contributed by atoms with Gasteiger partial charge in [0.1, 0.15) is 0 Å². The Balaban J connectivity index is 4.09. The van der Waals surface area contributed by atoms with Crippen LogP contribution in [0.5, 0.6) is 0 Å². The number of unbranched alkanes of at least 4 members (excludes halogenated alkanes) is 3. The summed E-state index contributed by atoms with van der Waals surface area (Å²) in [6.45, 7) is 2.97. The maximum atomic E-state index is 11.2. The summed E-state index contributed by atoms with van der Waals surface area (Å²) in [5.74, 6) is -0.765. The number of allylic oxidation sites excluding steroid dienone is 1. The molecule has 0 fully saturated rings. The van der Waals surface area contributed by atoms with Gasteiger partial charge in [0, 0.05) is 0 Å². The van der Waals surface area contributed by atoms with Crippen LogP contribution in [0.2, 0.25) is 0 Å². The van der Waals surface area contributed by atoms with Crippen LogP contribution in [0.3, 0.4) is 0 Å². The molecule has 106 valence electrons. The number of hydrogen-bond acceptors (Lipinski definition) is 2. The van der Waals surface area contributed by atoms with E-state index in [0.29, 0.717) is 6.42 Å². The van der Waals surface area contributed by atoms with E-state index < -0.39 is 18.9 Å². The molecule has 0 spiro atoms. The number of nitrogens with one attached hydrogen (secondary N) is 1. The predicted molar refractivity (Wildman–Crippen MR) is 99.1 cm³/mol. The molecule has 0 amide bonds. The molecular formula is C9H18NO2P7. The van der Waals surface area contributed by atoms with E-state index in [-0.39, 0.29) is 0 Å². The zero-order valence-corrected chi connectivity index (χ0v) is 17.0. The quantitative estimate of drug-likeness (QED) is 0.251. The Labute approximate surface area is 126 Å². The van der Waals surface area contributed by atoms with E-state index in [0.717, 1.165) is 25.7 Å². The summed E-state index contributed by atoms with van der Waals surface area (Å²) >= 11 is 0. The number of rotatable bonds is 9. The van der Waals surface area contributed by atoms with E-state index in [9.17, 15) is 9.90 Å². The molecule has 0 aliphatic carbocycles. The monoisotopic (exact) mass is 389 g/mol. The molecule has 0 aromatic heterocycles. The first kappa shape index (κ1) is 20.5. The van der Waals surface area contributed by atoms with Gasteiger partial charge in [-0.15, -0.1) is 0 Å². The number of carbonyl (C=O) groups is 1. The Morgan fingerprint density at radius 1 is 1.47 bits per heavy atom. The van der Waals surface area contributed by atoms with Crippen LogP contribution in [0.1, 0.15) is 32.1 Å². The fourth-order valence-electron chi connectivity index (χ4n) is 1.30. The molecule has 0 radical (unpaired) electrons. The average Bonchev–Trinajstić information content (AvgIpc) is 2.37. The summed E-state index contributed by atoms with van der Waals surface area (Å²) in [4.78, 5) is 11.2. The molecule has 0 bridgehead atoms. The van der Waals surface area contributed by atoms with Crippen molar-refractivity contribution >= 4 is 60.3 Å². The van der Waals surface area contributed by atoms with Gasteiger partial charge in [-0.05, 0) is 0 Å². The van der Waals surface area contributed by atoms with Crippen LogP contribution in [-0.4, -0.2) is 17.1 Å². The third kappa shape index (κ3) is 12.9. The van der Waals surface area contributed by atoms with Gasteiger partial charge in [-0.3, -0.25) is 0 Å². The molecule has 19 heavy (non-hydrogen) atoms. The molecule has 2 unspecified atom stereocenters. The van der Waals surface area contributed by atoms with Crippen molar-refractivity contribution in [3.63, 3.8) is 0 Å². The molecule has 10 heteroatoms. The van der Waals surface area contributed by atoms with Gasteiger partial charge < -0.3 is 0 Å². The first-order chi connectivity index (χ1) is 9.11. The third-order valence-corrected chi connectivity index (χ3v) is 18.3. The second-order valence-corrected chi connectivity index (χ2v) is 17.8. The van der Waals surface area contributed by atoms with Crippen molar-refractivity contribution in [1.29, 1.82) is 0 Å². The van der Waals surface area contributed by atoms with Gasteiger partial charge in [0.25, 0.3) is 0 Å². The maximum absolute atomic E-state index is 11.2. The zero-order valence-electron chi connectivity index (χ0n) is 10.5. The van der Waals surface area contributed by atoms with Gasteiger partial charge in [-0.25, -0.2) is 0 Å². The average molecular weight is 389 g/mol. The molecule has 0 aromatic rings. The van der Waals surface area contributed by atoms with E-state index >= 15 is 0 Å². The van der Waals surface area contributed by atoms with E-state index in [1.165, 1.54) is 30.2 Å². The Bertz CT molecular complexity index is 401. The van der Waals surface area contributed by atoms with E-state index in [1.54, 1.807) is 0 Å². The van der Waals surface area contributed by atoms with Crippen LogP contribution in [0, 0.1) is 0 Å².